The summed E-state index contributed by atoms with van der Waals surface area (Å²) in [4.78, 5) is 11.3. The van der Waals surface area contributed by atoms with Gasteiger partial charge < -0.3 is 4.74 Å². The van der Waals surface area contributed by atoms with Crippen molar-refractivity contribution in [2.24, 2.45) is 0 Å². The van der Waals surface area contributed by atoms with Gasteiger partial charge in [0.05, 0.1) is 0 Å². The smallest absolute Gasteiger partial charge is 0.307 e. The molecule has 0 amide bonds. The van der Waals surface area contributed by atoms with Gasteiger partial charge in [-0.25, -0.2) is 0 Å². The average molecular weight is 238 g/mol. The van der Waals surface area contributed by atoms with Crippen LogP contribution in [-0.2, 0) is 9.53 Å². The first kappa shape index (κ1) is 12.5. The van der Waals surface area contributed by atoms with Gasteiger partial charge in [0.1, 0.15) is 6.07 Å². The van der Waals surface area contributed by atoms with Crippen molar-refractivity contribution in [2.45, 2.75) is 25.9 Å². The normalized spacial score (nSPS) is 11.6. The van der Waals surface area contributed by atoms with Crippen molar-refractivity contribution in [2.75, 3.05) is 0 Å². The topological polar surface area (TPSA) is 50.1 Å². The highest BCUT2D eigenvalue weighted by molar-refractivity contribution is 6.30. The standard InChI is InChI=1S/C12H12ClNO2/c1-2-3-12(15)16-11(8-14)9-4-6-10(13)7-5-9/h4-7,11H,2-3H2,1H3. The molecule has 0 bridgehead atoms. The number of hydrogen-bond donors (Lipinski definition) is 0. The van der Waals surface area contributed by atoms with E-state index in [4.69, 9.17) is 21.6 Å². The molecule has 1 rings (SSSR count). The molecule has 1 aromatic carbocycles. The summed E-state index contributed by atoms with van der Waals surface area (Å²) >= 11 is 5.72. The highest BCUT2D eigenvalue weighted by Gasteiger charge is 2.14. The van der Waals surface area contributed by atoms with Crippen molar-refractivity contribution in [3.8, 4) is 6.07 Å². The predicted octanol–water partition coefficient (Wildman–Crippen LogP) is 3.25. The number of nitriles is 1. The first-order valence-corrected chi connectivity index (χ1v) is 5.39. The number of halogens is 1. The Labute approximate surface area is 99.6 Å². The molecule has 0 spiro atoms. The maximum Gasteiger partial charge on any atom is 0.307 e. The number of carbonyl (C=O) groups excluding carboxylic acids is 1. The number of rotatable bonds is 4. The van der Waals surface area contributed by atoms with E-state index in [9.17, 15) is 4.79 Å². The molecular weight excluding hydrogens is 226 g/mol. The lowest BCUT2D eigenvalue weighted by atomic mass is 10.1. The second-order valence-corrected chi connectivity index (χ2v) is 3.74. The molecule has 1 atom stereocenters. The summed E-state index contributed by atoms with van der Waals surface area (Å²) in [7, 11) is 0. The van der Waals surface area contributed by atoms with Crippen molar-refractivity contribution >= 4 is 17.6 Å². The van der Waals surface area contributed by atoms with E-state index in [-0.39, 0.29) is 5.97 Å². The van der Waals surface area contributed by atoms with Gasteiger partial charge in [0.25, 0.3) is 0 Å². The Kier molecular flexibility index (Phi) is 4.81. The summed E-state index contributed by atoms with van der Waals surface area (Å²) in [5.41, 5.74) is 0.636. The third-order valence-electron chi connectivity index (χ3n) is 1.99. The van der Waals surface area contributed by atoms with Crippen molar-refractivity contribution in [1.29, 1.82) is 5.26 Å². The fraction of sp³-hybridized carbons (Fsp3) is 0.333. The number of ether oxygens (including phenoxy) is 1. The lowest BCUT2D eigenvalue weighted by molar-refractivity contribution is -0.146. The van der Waals surface area contributed by atoms with Crippen molar-refractivity contribution in [3.63, 3.8) is 0 Å². The Balaban J connectivity index is 2.72. The molecular formula is C12H12ClNO2. The monoisotopic (exact) mass is 237 g/mol. The zero-order valence-electron chi connectivity index (χ0n) is 8.94. The van der Waals surface area contributed by atoms with Gasteiger partial charge in [0.2, 0.25) is 6.10 Å². The van der Waals surface area contributed by atoms with Gasteiger partial charge in [0, 0.05) is 17.0 Å². The molecule has 84 valence electrons. The van der Waals surface area contributed by atoms with Crippen LogP contribution in [0.15, 0.2) is 24.3 Å². The largest absolute Gasteiger partial charge is 0.442 e. The number of carbonyl (C=O) groups is 1. The van der Waals surface area contributed by atoms with Crippen LogP contribution >= 0.6 is 11.6 Å². The Bertz CT molecular complexity index is 394. The van der Waals surface area contributed by atoms with Crippen LogP contribution in [-0.4, -0.2) is 5.97 Å². The Morgan fingerprint density at radius 1 is 1.50 bits per heavy atom. The van der Waals surface area contributed by atoms with E-state index in [1.807, 2.05) is 13.0 Å². The second kappa shape index (κ2) is 6.14. The van der Waals surface area contributed by atoms with Gasteiger partial charge >= 0.3 is 5.97 Å². The Morgan fingerprint density at radius 3 is 2.62 bits per heavy atom. The van der Waals surface area contributed by atoms with E-state index >= 15 is 0 Å². The van der Waals surface area contributed by atoms with E-state index in [0.717, 1.165) is 0 Å². The van der Waals surface area contributed by atoms with Crippen LogP contribution in [0, 0.1) is 11.3 Å². The molecule has 0 heterocycles. The minimum atomic E-state index is -0.851. The summed E-state index contributed by atoms with van der Waals surface area (Å²) in [5.74, 6) is -0.357. The number of nitrogens with zero attached hydrogens (tertiary/aromatic N) is 1. The van der Waals surface area contributed by atoms with E-state index in [1.165, 1.54) is 0 Å². The molecule has 0 radical (unpaired) electrons. The summed E-state index contributed by atoms with van der Waals surface area (Å²) in [6, 6.07) is 8.62. The maximum absolute atomic E-state index is 11.3. The summed E-state index contributed by atoms with van der Waals surface area (Å²) in [5, 5.41) is 9.49. The highest BCUT2D eigenvalue weighted by Crippen LogP contribution is 2.19. The van der Waals surface area contributed by atoms with Crippen LogP contribution in [0.3, 0.4) is 0 Å². The van der Waals surface area contributed by atoms with Gasteiger partial charge in [-0.2, -0.15) is 5.26 Å². The lowest BCUT2D eigenvalue weighted by Crippen LogP contribution is -2.09. The predicted molar refractivity (Wildman–Crippen MR) is 60.8 cm³/mol. The lowest BCUT2D eigenvalue weighted by Gasteiger charge is -2.10. The number of hydrogen-bond acceptors (Lipinski definition) is 3. The van der Waals surface area contributed by atoms with Crippen LogP contribution in [0.5, 0.6) is 0 Å². The first-order chi connectivity index (χ1) is 7.67. The quantitative estimate of drug-likeness (QED) is 0.756. The van der Waals surface area contributed by atoms with Gasteiger partial charge in [-0.1, -0.05) is 30.7 Å². The van der Waals surface area contributed by atoms with Crippen LogP contribution < -0.4 is 0 Å². The molecule has 1 aromatic rings. The van der Waals surface area contributed by atoms with E-state index < -0.39 is 6.10 Å². The van der Waals surface area contributed by atoms with Gasteiger partial charge in [-0.15, -0.1) is 0 Å². The number of esters is 1. The Hall–Kier alpha value is -1.53. The third-order valence-corrected chi connectivity index (χ3v) is 2.25. The second-order valence-electron chi connectivity index (χ2n) is 3.30. The molecule has 1 unspecified atom stereocenters. The molecule has 16 heavy (non-hydrogen) atoms. The first-order valence-electron chi connectivity index (χ1n) is 5.02. The van der Waals surface area contributed by atoms with Crippen LogP contribution in [0.25, 0.3) is 0 Å². The SMILES string of the molecule is CCCC(=O)OC(C#N)c1ccc(Cl)cc1. The van der Waals surface area contributed by atoms with Gasteiger partial charge in [0.15, 0.2) is 0 Å². The van der Waals surface area contributed by atoms with Crippen LogP contribution in [0.1, 0.15) is 31.4 Å². The maximum atomic E-state index is 11.3. The minimum Gasteiger partial charge on any atom is -0.442 e. The molecule has 0 fully saturated rings. The van der Waals surface area contributed by atoms with Crippen molar-refractivity contribution in [1.82, 2.24) is 0 Å². The van der Waals surface area contributed by atoms with Crippen LogP contribution in [0.4, 0.5) is 0 Å². The fourth-order valence-corrected chi connectivity index (χ4v) is 1.33. The van der Waals surface area contributed by atoms with E-state index in [1.54, 1.807) is 24.3 Å². The van der Waals surface area contributed by atoms with Crippen molar-refractivity contribution < 1.29 is 9.53 Å². The molecule has 4 heteroatoms. The summed E-state index contributed by atoms with van der Waals surface area (Å²) < 4.78 is 5.02. The van der Waals surface area contributed by atoms with Crippen molar-refractivity contribution in [3.05, 3.63) is 34.9 Å². The molecule has 0 aromatic heterocycles. The molecule has 0 saturated carbocycles. The highest BCUT2D eigenvalue weighted by atomic mass is 35.5. The minimum absolute atomic E-state index is 0.325. The molecule has 0 aliphatic heterocycles. The zero-order valence-corrected chi connectivity index (χ0v) is 9.70. The average Bonchev–Trinajstić information content (AvgIpc) is 2.27. The van der Waals surface area contributed by atoms with Crippen LogP contribution in [0.2, 0.25) is 5.02 Å². The fourth-order valence-electron chi connectivity index (χ4n) is 1.20. The summed E-state index contributed by atoms with van der Waals surface area (Å²) in [6.45, 7) is 1.88. The molecule has 3 nitrogen and oxygen atoms in total. The van der Waals surface area contributed by atoms with E-state index in [0.29, 0.717) is 23.4 Å². The summed E-state index contributed by atoms with van der Waals surface area (Å²) in [6.07, 6.45) is 0.180. The van der Waals surface area contributed by atoms with Gasteiger partial charge in [-0.3, -0.25) is 4.79 Å². The third kappa shape index (κ3) is 3.56. The molecule has 0 aliphatic carbocycles. The van der Waals surface area contributed by atoms with E-state index in [2.05, 4.69) is 0 Å². The number of benzene rings is 1. The molecule has 0 saturated heterocycles. The Morgan fingerprint density at radius 2 is 2.12 bits per heavy atom. The zero-order chi connectivity index (χ0) is 12.0. The van der Waals surface area contributed by atoms with Gasteiger partial charge in [-0.05, 0) is 18.6 Å². The molecule has 0 N–H and O–H groups in total. The molecule has 0 aliphatic rings.